The summed E-state index contributed by atoms with van der Waals surface area (Å²) in [7, 11) is 1.66. The van der Waals surface area contributed by atoms with Crippen LogP contribution in [0.2, 0.25) is 0 Å². The lowest BCUT2D eigenvalue weighted by Crippen LogP contribution is -2.49. The van der Waals surface area contributed by atoms with Crippen LogP contribution < -0.4 is 14.8 Å². The number of piperazine rings is 1. The molecule has 2 aromatic rings. The first-order chi connectivity index (χ1) is 14.7. The molecule has 1 amide bonds. The van der Waals surface area contributed by atoms with E-state index in [1.54, 1.807) is 7.11 Å². The van der Waals surface area contributed by atoms with Crippen LogP contribution in [0.25, 0.3) is 0 Å². The lowest BCUT2D eigenvalue weighted by Gasteiger charge is -2.34. The van der Waals surface area contributed by atoms with Gasteiger partial charge in [0, 0.05) is 45.7 Å². The minimum Gasteiger partial charge on any atom is -0.497 e. The molecule has 1 N–H and O–H groups in total. The summed E-state index contributed by atoms with van der Waals surface area (Å²) in [6.07, 6.45) is 1.85. The Morgan fingerprint density at radius 2 is 1.77 bits per heavy atom. The minimum atomic E-state index is 0.107. The molecule has 0 bridgehead atoms. The standard InChI is InChI=1S/C24H31N3O3/c1-29-22-5-2-19(3-6-22)8-10-25-24(28)18-27-13-11-26(12-14-27)17-20-4-7-23-21(16-20)9-15-30-23/h2-7,16H,8-15,17-18H2,1H3,(H,25,28). The summed E-state index contributed by atoms with van der Waals surface area (Å²) in [6.45, 7) is 6.76. The zero-order chi connectivity index (χ0) is 20.8. The maximum absolute atomic E-state index is 12.3. The fourth-order valence-corrected chi connectivity index (χ4v) is 4.10. The van der Waals surface area contributed by atoms with Crippen molar-refractivity contribution in [2.75, 3.05) is 53.0 Å². The van der Waals surface area contributed by atoms with E-state index in [4.69, 9.17) is 9.47 Å². The molecule has 30 heavy (non-hydrogen) atoms. The first kappa shape index (κ1) is 20.7. The van der Waals surface area contributed by atoms with E-state index in [-0.39, 0.29) is 5.91 Å². The number of amides is 1. The molecule has 2 aliphatic rings. The fraction of sp³-hybridized carbons (Fsp3) is 0.458. The normalized spacial score (nSPS) is 16.7. The van der Waals surface area contributed by atoms with E-state index in [0.29, 0.717) is 13.1 Å². The molecule has 0 spiro atoms. The predicted molar refractivity (Wildman–Crippen MR) is 117 cm³/mol. The van der Waals surface area contributed by atoms with Gasteiger partial charge in [-0.1, -0.05) is 24.3 Å². The number of hydrogen-bond acceptors (Lipinski definition) is 5. The van der Waals surface area contributed by atoms with E-state index in [2.05, 4.69) is 33.3 Å². The third-order valence-corrected chi connectivity index (χ3v) is 5.89. The van der Waals surface area contributed by atoms with Crippen molar-refractivity contribution in [2.24, 2.45) is 0 Å². The van der Waals surface area contributed by atoms with Gasteiger partial charge in [-0.2, -0.15) is 0 Å². The van der Waals surface area contributed by atoms with Crippen LogP contribution in [-0.4, -0.2) is 68.7 Å². The quantitative estimate of drug-likeness (QED) is 0.724. The van der Waals surface area contributed by atoms with Gasteiger partial charge in [0.15, 0.2) is 0 Å². The van der Waals surface area contributed by atoms with Gasteiger partial charge in [0.1, 0.15) is 11.5 Å². The Labute approximate surface area is 178 Å². The third kappa shape index (κ3) is 5.52. The van der Waals surface area contributed by atoms with Crippen LogP contribution >= 0.6 is 0 Å². The van der Waals surface area contributed by atoms with Crippen LogP contribution in [0.15, 0.2) is 42.5 Å². The topological polar surface area (TPSA) is 54.0 Å². The summed E-state index contributed by atoms with van der Waals surface area (Å²) in [6, 6.07) is 14.5. The molecule has 0 unspecified atom stereocenters. The molecule has 2 aromatic carbocycles. The second kappa shape index (κ2) is 9.96. The number of fused-ring (bicyclic) bond motifs is 1. The van der Waals surface area contributed by atoms with Crippen molar-refractivity contribution < 1.29 is 14.3 Å². The molecule has 0 aromatic heterocycles. The summed E-state index contributed by atoms with van der Waals surface area (Å²) in [4.78, 5) is 17.0. The molecule has 0 saturated carbocycles. The summed E-state index contributed by atoms with van der Waals surface area (Å²) in [5.74, 6) is 2.00. The van der Waals surface area contributed by atoms with Gasteiger partial charge in [0.2, 0.25) is 5.91 Å². The highest BCUT2D eigenvalue weighted by molar-refractivity contribution is 5.78. The third-order valence-electron chi connectivity index (χ3n) is 5.89. The molecule has 4 rings (SSSR count). The highest BCUT2D eigenvalue weighted by atomic mass is 16.5. The lowest BCUT2D eigenvalue weighted by atomic mass is 10.1. The fourth-order valence-electron chi connectivity index (χ4n) is 4.10. The number of nitrogens with one attached hydrogen (secondary N) is 1. The van der Waals surface area contributed by atoms with E-state index < -0.39 is 0 Å². The first-order valence-corrected chi connectivity index (χ1v) is 10.8. The maximum Gasteiger partial charge on any atom is 0.234 e. The van der Waals surface area contributed by atoms with Crippen molar-refractivity contribution in [3.63, 3.8) is 0 Å². The van der Waals surface area contributed by atoms with Crippen molar-refractivity contribution in [1.29, 1.82) is 0 Å². The summed E-state index contributed by atoms with van der Waals surface area (Å²) in [5.41, 5.74) is 3.88. The Kier molecular flexibility index (Phi) is 6.87. The van der Waals surface area contributed by atoms with Gasteiger partial charge in [-0.25, -0.2) is 0 Å². The summed E-state index contributed by atoms with van der Waals surface area (Å²) in [5, 5.41) is 3.04. The number of ether oxygens (including phenoxy) is 2. The van der Waals surface area contributed by atoms with Crippen LogP contribution in [0.1, 0.15) is 16.7 Å². The van der Waals surface area contributed by atoms with Gasteiger partial charge in [-0.3, -0.25) is 14.6 Å². The Morgan fingerprint density at radius 1 is 1.03 bits per heavy atom. The number of methoxy groups -OCH3 is 1. The number of carbonyl (C=O) groups excluding carboxylic acids is 1. The Bertz CT molecular complexity index is 845. The van der Waals surface area contributed by atoms with Gasteiger partial charge < -0.3 is 14.8 Å². The van der Waals surface area contributed by atoms with Crippen molar-refractivity contribution in [3.8, 4) is 11.5 Å². The van der Waals surface area contributed by atoms with Crippen molar-refractivity contribution >= 4 is 5.91 Å². The zero-order valence-electron chi connectivity index (χ0n) is 17.7. The van der Waals surface area contributed by atoms with Gasteiger partial charge in [-0.05, 0) is 41.3 Å². The smallest absolute Gasteiger partial charge is 0.234 e. The van der Waals surface area contributed by atoms with Crippen LogP contribution in [-0.2, 0) is 24.2 Å². The maximum atomic E-state index is 12.3. The van der Waals surface area contributed by atoms with Crippen LogP contribution in [0.5, 0.6) is 11.5 Å². The Balaban J connectivity index is 1.14. The highest BCUT2D eigenvalue weighted by Gasteiger charge is 2.20. The van der Waals surface area contributed by atoms with Crippen molar-refractivity contribution in [3.05, 3.63) is 59.2 Å². The number of nitrogens with zero attached hydrogens (tertiary/aromatic N) is 2. The largest absolute Gasteiger partial charge is 0.497 e. The van der Waals surface area contributed by atoms with E-state index in [1.165, 1.54) is 16.7 Å². The van der Waals surface area contributed by atoms with Crippen molar-refractivity contribution in [2.45, 2.75) is 19.4 Å². The molecule has 0 atom stereocenters. The molecular weight excluding hydrogens is 378 g/mol. The number of hydrogen-bond donors (Lipinski definition) is 1. The lowest BCUT2D eigenvalue weighted by molar-refractivity contribution is -0.122. The van der Waals surface area contributed by atoms with Gasteiger partial charge >= 0.3 is 0 Å². The first-order valence-electron chi connectivity index (χ1n) is 10.8. The molecule has 0 aliphatic carbocycles. The Hall–Kier alpha value is -2.57. The van der Waals surface area contributed by atoms with E-state index in [9.17, 15) is 4.79 Å². The van der Waals surface area contributed by atoms with Gasteiger partial charge in [0.05, 0.1) is 20.3 Å². The predicted octanol–water partition coefficient (Wildman–Crippen LogP) is 2.11. The van der Waals surface area contributed by atoms with Crippen LogP contribution in [0.3, 0.4) is 0 Å². The second-order valence-corrected chi connectivity index (χ2v) is 8.04. The van der Waals surface area contributed by atoms with E-state index in [1.807, 2.05) is 24.3 Å². The molecular formula is C24H31N3O3. The van der Waals surface area contributed by atoms with Crippen molar-refractivity contribution in [1.82, 2.24) is 15.1 Å². The Morgan fingerprint density at radius 3 is 2.53 bits per heavy atom. The average molecular weight is 410 g/mol. The van der Waals surface area contributed by atoms with Gasteiger partial charge in [0.25, 0.3) is 0 Å². The van der Waals surface area contributed by atoms with Crippen LogP contribution in [0.4, 0.5) is 0 Å². The van der Waals surface area contributed by atoms with Gasteiger partial charge in [-0.15, -0.1) is 0 Å². The number of benzene rings is 2. The molecule has 6 heteroatoms. The summed E-state index contributed by atoms with van der Waals surface area (Å²) < 4.78 is 10.8. The second-order valence-electron chi connectivity index (χ2n) is 8.04. The monoisotopic (exact) mass is 409 g/mol. The van der Waals surface area contributed by atoms with Crippen LogP contribution in [0, 0.1) is 0 Å². The molecule has 6 nitrogen and oxygen atoms in total. The molecule has 160 valence electrons. The van der Waals surface area contributed by atoms with E-state index in [0.717, 1.165) is 63.7 Å². The molecule has 2 heterocycles. The molecule has 1 fully saturated rings. The molecule has 1 saturated heterocycles. The number of carbonyl (C=O) groups is 1. The molecule has 2 aliphatic heterocycles. The minimum absolute atomic E-state index is 0.107. The average Bonchev–Trinajstić information content (AvgIpc) is 3.23. The molecule has 0 radical (unpaired) electrons. The van der Waals surface area contributed by atoms with E-state index >= 15 is 0 Å². The number of rotatable bonds is 8. The SMILES string of the molecule is COc1ccc(CCNC(=O)CN2CCN(Cc3ccc4c(c3)CCO4)CC2)cc1. The zero-order valence-corrected chi connectivity index (χ0v) is 17.7. The summed E-state index contributed by atoms with van der Waals surface area (Å²) >= 11 is 0. The highest BCUT2D eigenvalue weighted by Crippen LogP contribution is 2.26.